The lowest BCUT2D eigenvalue weighted by atomic mass is 9.84. The molecule has 0 radical (unpaired) electrons. The molecule has 1 atom stereocenters. The number of rotatable bonds is 8. The summed E-state index contributed by atoms with van der Waals surface area (Å²) in [5.74, 6) is 1.00. The van der Waals surface area contributed by atoms with Gasteiger partial charge in [0, 0.05) is 25.0 Å². The van der Waals surface area contributed by atoms with E-state index in [1.165, 1.54) is 23.0 Å². The van der Waals surface area contributed by atoms with E-state index in [1.54, 1.807) is 13.2 Å². The van der Waals surface area contributed by atoms with Crippen molar-refractivity contribution in [2.24, 2.45) is 5.92 Å². The molecule has 1 aliphatic heterocycles. The maximum absolute atomic E-state index is 14.5. The number of likely N-dealkylation sites (N-methyl/N-ethyl adjacent to an activating group) is 1. The van der Waals surface area contributed by atoms with Gasteiger partial charge in [-0.05, 0) is 79.0 Å². The molecule has 0 unspecified atom stereocenters. The minimum absolute atomic E-state index is 0.0106. The number of hydrogen-bond acceptors (Lipinski definition) is 4. The predicted octanol–water partition coefficient (Wildman–Crippen LogP) is 5.49. The van der Waals surface area contributed by atoms with E-state index in [4.69, 9.17) is 4.74 Å². The van der Waals surface area contributed by atoms with Crippen LogP contribution in [0.25, 0.3) is 0 Å². The number of thiophene rings is 1. The van der Waals surface area contributed by atoms with E-state index in [9.17, 15) is 9.18 Å². The topological polar surface area (TPSA) is 32.8 Å². The van der Waals surface area contributed by atoms with Crippen LogP contribution in [0.1, 0.15) is 34.3 Å². The molecule has 0 aliphatic carbocycles. The Morgan fingerprint density at radius 3 is 2.67 bits per heavy atom. The van der Waals surface area contributed by atoms with Crippen LogP contribution >= 0.6 is 11.3 Å². The van der Waals surface area contributed by atoms with Gasteiger partial charge >= 0.3 is 0 Å². The van der Waals surface area contributed by atoms with Crippen molar-refractivity contribution >= 4 is 17.2 Å². The van der Waals surface area contributed by atoms with Crippen molar-refractivity contribution in [3.8, 4) is 5.75 Å². The smallest absolute Gasteiger partial charge is 0.254 e. The molecule has 1 fully saturated rings. The molecule has 2 aromatic carbocycles. The van der Waals surface area contributed by atoms with E-state index in [0.717, 1.165) is 38.2 Å². The molecule has 1 saturated heterocycles. The Hall–Kier alpha value is -2.70. The van der Waals surface area contributed by atoms with Gasteiger partial charge in [0.15, 0.2) is 0 Å². The van der Waals surface area contributed by atoms with E-state index in [-0.39, 0.29) is 17.8 Å². The summed E-state index contributed by atoms with van der Waals surface area (Å²) in [7, 11) is 3.56. The normalized spacial score (nSPS) is 15.8. The number of nitrogens with zero attached hydrogens (tertiary/aromatic N) is 2. The van der Waals surface area contributed by atoms with Gasteiger partial charge in [0.1, 0.15) is 11.6 Å². The molecule has 6 heteroatoms. The van der Waals surface area contributed by atoms with E-state index in [2.05, 4.69) is 17.0 Å². The largest absolute Gasteiger partial charge is 0.497 e. The van der Waals surface area contributed by atoms with Gasteiger partial charge in [0.05, 0.1) is 12.7 Å². The molecule has 0 N–H and O–H groups in total. The van der Waals surface area contributed by atoms with Gasteiger partial charge in [0.25, 0.3) is 5.91 Å². The highest BCUT2D eigenvalue weighted by Gasteiger charge is 2.32. The molecule has 3 aromatic rings. The van der Waals surface area contributed by atoms with Gasteiger partial charge in [-0.25, -0.2) is 4.39 Å². The molecule has 0 saturated carbocycles. The van der Waals surface area contributed by atoms with Crippen molar-refractivity contribution < 1.29 is 13.9 Å². The molecule has 0 spiro atoms. The van der Waals surface area contributed by atoms with Crippen molar-refractivity contribution in [2.45, 2.75) is 31.8 Å². The number of benzene rings is 2. The number of methoxy groups -OCH3 is 1. The number of piperidine rings is 1. The van der Waals surface area contributed by atoms with E-state index >= 15 is 0 Å². The monoisotopic (exact) mass is 466 g/mol. The summed E-state index contributed by atoms with van der Waals surface area (Å²) in [6, 6.07) is 16.9. The molecule has 1 aliphatic rings. The first kappa shape index (κ1) is 23.5. The number of carbonyl (C=O) groups is 1. The molecule has 4 nitrogen and oxygen atoms in total. The first-order valence-corrected chi connectivity index (χ1v) is 12.4. The van der Waals surface area contributed by atoms with E-state index in [1.807, 2.05) is 53.0 Å². The Kier molecular flexibility index (Phi) is 7.78. The highest BCUT2D eigenvalue weighted by molar-refractivity contribution is 7.08. The van der Waals surface area contributed by atoms with Gasteiger partial charge in [-0.2, -0.15) is 11.3 Å². The molecule has 174 valence electrons. The number of likely N-dealkylation sites (tertiary alicyclic amines) is 1. The fourth-order valence-electron chi connectivity index (χ4n) is 4.77. The zero-order valence-electron chi connectivity index (χ0n) is 19.2. The van der Waals surface area contributed by atoms with Crippen LogP contribution < -0.4 is 4.74 Å². The number of amides is 1. The van der Waals surface area contributed by atoms with Gasteiger partial charge in [-0.1, -0.05) is 30.3 Å². The van der Waals surface area contributed by atoms with Crippen molar-refractivity contribution in [1.82, 2.24) is 9.80 Å². The van der Waals surface area contributed by atoms with Crippen LogP contribution in [0.15, 0.2) is 65.4 Å². The minimum Gasteiger partial charge on any atom is -0.497 e. The third kappa shape index (κ3) is 5.81. The van der Waals surface area contributed by atoms with Crippen molar-refractivity contribution in [3.63, 3.8) is 0 Å². The zero-order valence-corrected chi connectivity index (χ0v) is 20.1. The van der Waals surface area contributed by atoms with Gasteiger partial charge in [-0.3, -0.25) is 9.69 Å². The van der Waals surface area contributed by atoms with Crippen molar-refractivity contribution in [1.29, 1.82) is 0 Å². The standard InChI is InChI=1S/C27H31FN2O2S/c1-29(27(31)23-12-15-33-19-23)26(17-22-7-3-4-9-25(22)28)21-10-13-30(14-11-21)18-20-6-5-8-24(16-20)32-2/h3-9,12,15-16,19,21,26H,10-11,13-14,17-18H2,1-2H3/t26-/m1/s1. The molecular weight excluding hydrogens is 435 g/mol. The summed E-state index contributed by atoms with van der Waals surface area (Å²) in [6.45, 7) is 2.79. The summed E-state index contributed by atoms with van der Waals surface area (Å²) in [4.78, 5) is 17.4. The number of halogens is 1. The Bertz CT molecular complexity index is 1050. The summed E-state index contributed by atoms with van der Waals surface area (Å²) in [5.41, 5.74) is 2.61. The van der Waals surface area contributed by atoms with Crippen molar-refractivity contribution in [3.05, 3.63) is 87.9 Å². The van der Waals surface area contributed by atoms with E-state index in [0.29, 0.717) is 23.5 Å². The summed E-state index contributed by atoms with van der Waals surface area (Å²) < 4.78 is 19.9. The highest BCUT2D eigenvalue weighted by Crippen LogP contribution is 2.29. The van der Waals surface area contributed by atoms with Crippen LogP contribution in [0.2, 0.25) is 0 Å². The van der Waals surface area contributed by atoms with Crippen molar-refractivity contribution in [2.75, 3.05) is 27.2 Å². The average molecular weight is 467 g/mol. The zero-order chi connectivity index (χ0) is 23.2. The van der Waals surface area contributed by atoms with Gasteiger partial charge in [-0.15, -0.1) is 0 Å². The third-order valence-electron chi connectivity index (χ3n) is 6.69. The lowest BCUT2D eigenvalue weighted by molar-refractivity contribution is 0.0584. The lowest BCUT2D eigenvalue weighted by Crippen LogP contribution is -2.47. The maximum Gasteiger partial charge on any atom is 0.254 e. The van der Waals surface area contributed by atoms with Gasteiger partial charge < -0.3 is 9.64 Å². The van der Waals surface area contributed by atoms with Crippen LogP contribution in [0, 0.1) is 11.7 Å². The molecule has 2 heterocycles. The highest BCUT2D eigenvalue weighted by atomic mass is 32.1. The fraction of sp³-hybridized carbons (Fsp3) is 0.370. The van der Waals surface area contributed by atoms with E-state index < -0.39 is 0 Å². The SMILES string of the molecule is COc1cccc(CN2CCC([C@@H](Cc3ccccc3F)N(C)C(=O)c3ccsc3)CC2)c1. The fourth-order valence-corrected chi connectivity index (χ4v) is 5.40. The molecule has 1 aromatic heterocycles. The second kappa shape index (κ2) is 10.9. The Balaban J connectivity index is 1.46. The average Bonchev–Trinajstić information content (AvgIpc) is 3.38. The Morgan fingerprint density at radius 1 is 1.18 bits per heavy atom. The van der Waals surface area contributed by atoms with Crippen LogP contribution in [0.4, 0.5) is 4.39 Å². The first-order valence-electron chi connectivity index (χ1n) is 11.4. The van der Waals surface area contributed by atoms with Crippen LogP contribution in [0.3, 0.4) is 0 Å². The second-order valence-electron chi connectivity index (χ2n) is 8.76. The minimum atomic E-state index is -0.200. The number of carbonyl (C=O) groups excluding carboxylic acids is 1. The molecule has 33 heavy (non-hydrogen) atoms. The molecule has 1 amide bonds. The number of ether oxygens (including phenoxy) is 1. The second-order valence-corrected chi connectivity index (χ2v) is 9.54. The molecular formula is C27H31FN2O2S. The molecule has 4 rings (SSSR count). The molecule has 0 bridgehead atoms. The van der Waals surface area contributed by atoms with Gasteiger partial charge in [0.2, 0.25) is 0 Å². The first-order chi connectivity index (χ1) is 16.0. The third-order valence-corrected chi connectivity index (χ3v) is 7.37. The van der Waals surface area contributed by atoms with Crippen LogP contribution in [-0.4, -0.2) is 49.0 Å². The van der Waals surface area contributed by atoms with Crippen LogP contribution in [-0.2, 0) is 13.0 Å². The quantitative estimate of drug-likeness (QED) is 0.440. The Labute approximate surface area is 199 Å². The number of hydrogen-bond donors (Lipinski definition) is 0. The Morgan fingerprint density at radius 2 is 1.97 bits per heavy atom. The predicted molar refractivity (Wildman–Crippen MR) is 131 cm³/mol. The van der Waals surface area contributed by atoms with Crippen LogP contribution in [0.5, 0.6) is 5.75 Å². The summed E-state index contributed by atoms with van der Waals surface area (Å²) in [5, 5.41) is 3.81. The summed E-state index contributed by atoms with van der Waals surface area (Å²) >= 11 is 1.52. The maximum atomic E-state index is 14.5. The summed E-state index contributed by atoms with van der Waals surface area (Å²) in [6.07, 6.45) is 2.48. The lowest BCUT2D eigenvalue weighted by Gasteiger charge is -2.40.